The smallest absolute Gasteiger partial charge is 0.256 e. The fourth-order valence-electron chi connectivity index (χ4n) is 3.81. The minimum atomic E-state index is -0.190. The van der Waals surface area contributed by atoms with Crippen LogP contribution in [0.4, 0.5) is 5.69 Å². The molecule has 2 aromatic carbocycles. The van der Waals surface area contributed by atoms with Crippen LogP contribution in [-0.2, 0) is 9.59 Å². The van der Waals surface area contributed by atoms with Crippen molar-refractivity contribution < 1.29 is 18.8 Å². The molecule has 0 aliphatic carbocycles. The van der Waals surface area contributed by atoms with Gasteiger partial charge in [0.1, 0.15) is 11.5 Å². The molecule has 1 aromatic heterocycles. The number of carbonyl (C=O) groups excluding carboxylic acids is 3. The standard InChI is InChI=1S/C24H19N3O4/c28-22-14-27(11-10-25-22)24(30)16-5-3-4-15(12-16)21-9-8-17(31-21)13-19-18-6-1-2-7-20(18)26-23(19)29/h1-9,12-13H,10-11,14H2,(H,25,28)(H,26,29). The summed E-state index contributed by atoms with van der Waals surface area (Å²) in [6, 6.07) is 18.2. The molecular weight excluding hydrogens is 394 g/mol. The van der Waals surface area contributed by atoms with Crippen molar-refractivity contribution in [3.63, 3.8) is 0 Å². The minimum absolute atomic E-state index is 0.0606. The van der Waals surface area contributed by atoms with E-state index in [1.54, 1.807) is 30.3 Å². The van der Waals surface area contributed by atoms with Crippen LogP contribution in [0, 0.1) is 0 Å². The molecule has 3 aromatic rings. The Bertz CT molecular complexity index is 1240. The van der Waals surface area contributed by atoms with Crippen molar-refractivity contribution in [1.82, 2.24) is 10.2 Å². The van der Waals surface area contributed by atoms with Crippen LogP contribution in [0.25, 0.3) is 23.0 Å². The quantitative estimate of drug-likeness (QED) is 0.646. The number of fused-ring (bicyclic) bond motifs is 1. The van der Waals surface area contributed by atoms with Crippen LogP contribution in [0.3, 0.4) is 0 Å². The molecule has 0 saturated carbocycles. The van der Waals surface area contributed by atoms with Crippen molar-refractivity contribution in [1.29, 1.82) is 0 Å². The number of furan rings is 1. The van der Waals surface area contributed by atoms with E-state index in [1.807, 2.05) is 36.4 Å². The molecule has 5 rings (SSSR count). The summed E-state index contributed by atoms with van der Waals surface area (Å²) in [6.07, 6.45) is 1.71. The molecular formula is C24H19N3O4. The molecule has 3 heterocycles. The molecule has 2 aliphatic heterocycles. The summed E-state index contributed by atoms with van der Waals surface area (Å²) in [5.41, 5.74) is 3.40. The van der Waals surface area contributed by atoms with E-state index in [0.29, 0.717) is 35.7 Å². The summed E-state index contributed by atoms with van der Waals surface area (Å²) in [5, 5.41) is 5.56. The Kier molecular flexibility index (Phi) is 4.63. The second-order valence-electron chi connectivity index (χ2n) is 7.42. The lowest BCUT2D eigenvalue weighted by molar-refractivity contribution is -0.123. The summed E-state index contributed by atoms with van der Waals surface area (Å²) in [6.45, 7) is 0.999. The Morgan fingerprint density at radius 2 is 1.90 bits per heavy atom. The fourth-order valence-corrected chi connectivity index (χ4v) is 3.81. The molecule has 0 bridgehead atoms. The van der Waals surface area contributed by atoms with Crippen LogP contribution in [0.15, 0.2) is 65.1 Å². The van der Waals surface area contributed by atoms with E-state index in [1.165, 1.54) is 4.90 Å². The summed E-state index contributed by atoms with van der Waals surface area (Å²) < 4.78 is 5.95. The first-order valence-electron chi connectivity index (χ1n) is 9.97. The van der Waals surface area contributed by atoms with E-state index in [4.69, 9.17) is 4.42 Å². The molecule has 3 amide bonds. The number of anilines is 1. The SMILES string of the molecule is O=C1CN(C(=O)c2cccc(-c3ccc(C=C4C(=O)Nc5ccccc54)o3)c2)CCN1. The van der Waals surface area contributed by atoms with Crippen LogP contribution in [0.1, 0.15) is 21.7 Å². The molecule has 1 fully saturated rings. The first-order valence-corrected chi connectivity index (χ1v) is 9.97. The Balaban J connectivity index is 1.41. The maximum absolute atomic E-state index is 12.8. The number of piperazine rings is 1. The molecule has 0 radical (unpaired) electrons. The van der Waals surface area contributed by atoms with Crippen molar-refractivity contribution in [2.24, 2.45) is 0 Å². The summed E-state index contributed by atoms with van der Waals surface area (Å²) in [5.74, 6) is 0.616. The fraction of sp³-hybridized carbons (Fsp3) is 0.125. The first kappa shape index (κ1) is 18.9. The maximum atomic E-state index is 12.8. The lowest BCUT2D eigenvalue weighted by atomic mass is 10.1. The van der Waals surface area contributed by atoms with Gasteiger partial charge in [-0.2, -0.15) is 0 Å². The third kappa shape index (κ3) is 3.61. The van der Waals surface area contributed by atoms with E-state index in [2.05, 4.69) is 10.6 Å². The van der Waals surface area contributed by atoms with E-state index < -0.39 is 0 Å². The molecule has 31 heavy (non-hydrogen) atoms. The van der Waals surface area contributed by atoms with Crippen LogP contribution < -0.4 is 10.6 Å². The summed E-state index contributed by atoms with van der Waals surface area (Å²) >= 11 is 0. The molecule has 0 spiro atoms. The van der Waals surface area contributed by atoms with Gasteiger partial charge in [0.05, 0.1) is 12.1 Å². The number of nitrogens with zero attached hydrogens (tertiary/aromatic N) is 1. The zero-order valence-electron chi connectivity index (χ0n) is 16.6. The molecule has 7 heteroatoms. The number of hydrogen-bond acceptors (Lipinski definition) is 4. The maximum Gasteiger partial charge on any atom is 0.256 e. The van der Waals surface area contributed by atoms with Crippen LogP contribution >= 0.6 is 0 Å². The Morgan fingerprint density at radius 3 is 2.77 bits per heavy atom. The topological polar surface area (TPSA) is 91.7 Å². The van der Waals surface area contributed by atoms with Crippen molar-refractivity contribution >= 4 is 35.1 Å². The van der Waals surface area contributed by atoms with E-state index >= 15 is 0 Å². The predicted molar refractivity (Wildman–Crippen MR) is 116 cm³/mol. The molecule has 154 valence electrons. The zero-order valence-corrected chi connectivity index (χ0v) is 16.6. The highest BCUT2D eigenvalue weighted by Gasteiger charge is 2.24. The molecule has 0 atom stereocenters. The Hall–Kier alpha value is -4.13. The number of carbonyl (C=O) groups is 3. The van der Waals surface area contributed by atoms with Crippen molar-refractivity contribution in [2.75, 3.05) is 25.0 Å². The number of rotatable bonds is 3. The highest BCUT2D eigenvalue weighted by Crippen LogP contribution is 2.33. The Labute approximate surface area is 178 Å². The average Bonchev–Trinajstić information content (AvgIpc) is 3.38. The van der Waals surface area contributed by atoms with Gasteiger partial charge in [0.15, 0.2) is 0 Å². The van der Waals surface area contributed by atoms with Crippen LogP contribution in [0.5, 0.6) is 0 Å². The average molecular weight is 413 g/mol. The van der Waals surface area contributed by atoms with Crippen molar-refractivity contribution in [3.8, 4) is 11.3 Å². The van der Waals surface area contributed by atoms with E-state index in [0.717, 1.165) is 16.8 Å². The van der Waals surface area contributed by atoms with Crippen LogP contribution in [-0.4, -0.2) is 42.3 Å². The molecule has 1 saturated heterocycles. The molecule has 7 nitrogen and oxygen atoms in total. The number of hydrogen-bond donors (Lipinski definition) is 2. The van der Waals surface area contributed by atoms with Gasteiger partial charge in [0, 0.05) is 35.5 Å². The Morgan fingerprint density at radius 1 is 1.03 bits per heavy atom. The summed E-state index contributed by atoms with van der Waals surface area (Å²) in [7, 11) is 0. The van der Waals surface area contributed by atoms with Gasteiger partial charge >= 0.3 is 0 Å². The largest absolute Gasteiger partial charge is 0.457 e. The van der Waals surface area contributed by atoms with Crippen molar-refractivity contribution in [2.45, 2.75) is 0 Å². The van der Waals surface area contributed by atoms with Gasteiger partial charge in [0.2, 0.25) is 5.91 Å². The van der Waals surface area contributed by atoms with Crippen molar-refractivity contribution in [3.05, 3.63) is 77.6 Å². The number of nitrogens with one attached hydrogen (secondary N) is 2. The van der Waals surface area contributed by atoms with Gasteiger partial charge in [-0.1, -0.05) is 30.3 Å². The van der Waals surface area contributed by atoms with E-state index in [9.17, 15) is 14.4 Å². The second-order valence-corrected chi connectivity index (χ2v) is 7.42. The van der Waals surface area contributed by atoms with Gasteiger partial charge < -0.3 is 20.0 Å². The molecule has 2 aliphatic rings. The van der Waals surface area contributed by atoms with Crippen LogP contribution in [0.2, 0.25) is 0 Å². The lowest BCUT2D eigenvalue weighted by Crippen LogP contribution is -2.49. The normalized spacial score (nSPS) is 16.8. The summed E-state index contributed by atoms with van der Waals surface area (Å²) in [4.78, 5) is 38.2. The van der Waals surface area contributed by atoms with Gasteiger partial charge in [0.25, 0.3) is 11.8 Å². The first-order chi connectivity index (χ1) is 15.1. The molecule has 0 unspecified atom stereocenters. The molecule has 2 N–H and O–H groups in total. The predicted octanol–water partition coefficient (Wildman–Crippen LogP) is 3.01. The number of benzene rings is 2. The third-order valence-corrected chi connectivity index (χ3v) is 5.34. The van der Waals surface area contributed by atoms with Gasteiger partial charge in [-0.15, -0.1) is 0 Å². The van der Waals surface area contributed by atoms with Gasteiger partial charge in [-0.25, -0.2) is 0 Å². The highest BCUT2D eigenvalue weighted by molar-refractivity contribution is 6.34. The third-order valence-electron chi connectivity index (χ3n) is 5.34. The highest BCUT2D eigenvalue weighted by atomic mass is 16.3. The van der Waals surface area contributed by atoms with Gasteiger partial charge in [-0.3, -0.25) is 14.4 Å². The number of amides is 3. The lowest BCUT2D eigenvalue weighted by Gasteiger charge is -2.26. The number of para-hydroxylation sites is 1. The minimum Gasteiger partial charge on any atom is -0.457 e. The monoisotopic (exact) mass is 413 g/mol. The zero-order chi connectivity index (χ0) is 21.4. The van der Waals surface area contributed by atoms with E-state index in [-0.39, 0.29) is 24.3 Å². The second kappa shape index (κ2) is 7.60. The van der Waals surface area contributed by atoms with Gasteiger partial charge in [-0.05, 0) is 36.4 Å².